The van der Waals surface area contributed by atoms with Crippen molar-refractivity contribution in [3.05, 3.63) is 0 Å². The molecular weight excluding hydrogens is 204 g/mol. The molecule has 0 radical (unpaired) electrons. The van der Waals surface area contributed by atoms with Gasteiger partial charge in [-0.05, 0) is 40.0 Å². The van der Waals surface area contributed by atoms with E-state index >= 15 is 0 Å². The van der Waals surface area contributed by atoms with Crippen molar-refractivity contribution in [2.45, 2.75) is 57.7 Å². The molecule has 0 spiro atoms. The van der Waals surface area contributed by atoms with Crippen molar-refractivity contribution in [3.63, 3.8) is 0 Å². The fraction of sp³-hybridized carbons (Fsp3) is 0.917. The maximum atomic E-state index is 11.7. The molecular formula is C12H24N2O2. The Kier molecular flexibility index (Phi) is 4.74. The monoisotopic (exact) mass is 228 g/mol. The van der Waals surface area contributed by atoms with Crippen LogP contribution in [0.25, 0.3) is 0 Å². The van der Waals surface area contributed by atoms with E-state index in [9.17, 15) is 4.79 Å². The second-order valence-electron chi connectivity index (χ2n) is 5.01. The van der Waals surface area contributed by atoms with Gasteiger partial charge in [-0.1, -0.05) is 0 Å². The molecule has 0 bridgehead atoms. The summed E-state index contributed by atoms with van der Waals surface area (Å²) in [6.07, 6.45) is 3.41. The van der Waals surface area contributed by atoms with Crippen LogP contribution < -0.4 is 10.6 Å². The number of ether oxygens (including phenoxy) is 1. The summed E-state index contributed by atoms with van der Waals surface area (Å²) in [7, 11) is 1.75. The van der Waals surface area contributed by atoms with Gasteiger partial charge in [-0.15, -0.1) is 0 Å². The quantitative estimate of drug-likeness (QED) is 0.714. The van der Waals surface area contributed by atoms with Crippen LogP contribution in [0, 0.1) is 0 Å². The molecule has 0 aromatic carbocycles. The van der Waals surface area contributed by atoms with Crippen molar-refractivity contribution in [2.24, 2.45) is 0 Å². The Morgan fingerprint density at radius 3 is 2.38 bits per heavy atom. The van der Waals surface area contributed by atoms with Gasteiger partial charge in [0.25, 0.3) is 0 Å². The topological polar surface area (TPSA) is 50.4 Å². The van der Waals surface area contributed by atoms with E-state index in [1.54, 1.807) is 7.11 Å². The lowest BCUT2D eigenvalue weighted by Crippen LogP contribution is -2.53. The zero-order valence-corrected chi connectivity index (χ0v) is 10.8. The predicted octanol–water partition coefficient (Wildman–Crippen LogP) is 1.06. The smallest absolute Gasteiger partial charge is 0.237 e. The van der Waals surface area contributed by atoms with Crippen LogP contribution >= 0.6 is 0 Å². The summed E-state index contributed by atoms with van der Waals surface area (Å²) >= 11 is 0. The lowest BCUT2D eigenvalue weighted by Gasteiger charge is -2.41. The van der Waals surface area contributed by atoms with E-state index in [2.05, 4.69) is 10.6 Å². The van der Waals surface area contributed by atoms with Gasteiger partial charge in [-0.2, -0.15) is 0 Å². The van der Waals surface area contributed by atoms with E-state index in [1.807, 2.05) is 20.8 Å². The molecule has 0 aromatic heterocycles. The molecule has 1 aliphatic rings. The van der Waals surface area contributed by atoms with Crippen molar-refractivity contribution in [1.29, 1.82) is 0 Å². The van der Waals surface area contributed by atoms with Crippen LogP contribution in [0.15, 0.2) is 0 Å². The molecule has 1 fully saturated rings. The highest BCUT2D eigenvalue weighted by Gasteiger charge is 2.37. The minimum absolute atomic E-state index is 0.0215. The minimum Gasteiger partial charge on any atom is -0.377 e. The number of carbonyl (C=O) groups is 1. The maximum absolute atomic E-state index is 11.7. The Labute approximate surface area is 98.1 Å². The molecule has 1 atom stereocenters. The highest BCUT2D eigenvalue weighted by molar-refractivity contribution is 5.81. The zero-order valence-electron chi connectivity index (χ0n) is 10.8. The van der Waals surface area contributed by atoms with Gasteiger partial charge in [-0.3, -0.25) is 4.79 Å². The number of methoxy groups -OCH3 is 1. The second-order valence-corrected chi connectivity index (χ2v) is 5.01. The summed E-state index contributed by atoms with van der Waals surface area (Å²) in [4.78, 5) is 11.7. The number of hydrogen-bond donors (Lipinski definition) is 2. The van der Waals surface area contributed by atoms with Crippen molar-refractivity contribution >= 4 is 5.91 Å². The van der Waals surface area contributed by atoms with Crippen LogP contribution in [0.4, 0.5) is 0 Å². The summed E-state index contributed by atoms with van der Waals surface area (Å²) in [5, 5.41) is 6.13. The molecule has 0 saturated heterocycles. The molecule has 2 N–H and O–H groups in total. The lowest BCUT2D eigenvalue weighted by molar-refractivity contribution is -0.124. The molecule has 4 nitrogen and oxygen atoms in total. The molecule has 4 heteroatoms. The first-order valence-corrected chi connectivity index (χ1v) is 6.08. The first kappa shape index (κ1) is 13.5. The van der Waals surface area contributed by atoms with Crippen molar-refractivity contribution in [1.82, 2.24) is 10.6 Å². The summed E-state index contributed by atoms with van der Waals surface area (Å²) in [5.41, 5.74) is -0.0215. The van der Waals surface area contributed by atoms with Gasteiger partial charge < -0.3 is 15.4 Å². The summed E-state index contributed by atoms with van der Waals surface area (Å²) in [6, 6.07) is 0.0341. The second kappa shape index (κ2) is 5.64. The Morgan fingerprint density at radius 1 is 1.38 bits per heavy atom. The molecule has 1 rings (SSSR count). The highest BCUT2D eigenvalue weighted by atomic mass is 16.5. The van der Waals surface area contributed by atoms with E-state index in [4.69, 9.17) is 4.74 Å². The van der Waals surface area contributed by atoms with Crippen LogP contribution in [0.1, 0.15) is 40.0 Å². The van der Waals surface area contributed by atoms with Crippen LogP contribution in [-0.2, 0) is 9.53 Å². The van der Waals surface area contributed by atoms with E-state index in [0.717, 1.165) is 19.4 Å². The summed E-state index contributed by atoms with van der Waals surface area (Å²) < 4.78 is 5.49. The van der Waals surface area contributed by atoms with Crippen LogP contribution in [0.2, 0.25) is 0 Å². The standard InChI is InChI=1S/C12H24N2O2/c1-9(2)14-11(15)10(3)13-8-12(16-4)6-5-7-12/h9-10,13H,5-8H2,1-4H3,(H,14,15). The predicted molar refractivity (Wildman–Crippen MR) is 64.3 cm³/mol. The number of rotatable bonds is 6. The van der Waals surface area contributed by atoms with Gasteiger partial charge in [0.1, 0.15) is 0 Å². The van der Waals surface area contributed by atoms with Crippen LogP contribution in [0.3, 0.4) is 0 Å². The first-order chi connectivity index (χ1) is 7.49. The largest absolute Gasteiger partial charge is 0.377 e. The number of nitrogens with one attached hydrogen (secondary N) is 2. The minimum atomic E-state index is -0.157. The van der Waals surface area contributed by atoms with Crippen LogP contribution in [0.5, 0.6) is 0 Å². The third-order valence-corrected chi connectivity index (χ3v) is 3.25. The molecule has 1 aliphatic carbocycles. The Balaban J connectivity index is 2.28. The molecule has 16 heavy (non-hydrogen) atoms. The van der Waals surface area contributed by atoms with E-state index in [-0.39, 0.29) is 23.6 Å². The number of hydrogen-bond acceptors (Lipinski definition) is 3. The summed E-state index contributed by atoms with van der Waals surface area (Å²) in [6.45, 7) is 6.58. The maximum Gasteiger partial charge on any atom is 0.237 e. The van der Waals surface area contributed by atoms with Crippen molar-refractivity contribution < 1.29 is 9.53 Å². The average Bonchev–Trinajstić information content (AvgIpc) is 2.15. The molecule has 1 amide bonds. The van der Waals surface area contributed by atoms with Crippen molar-refractivity contribution in [2.75, 3.05) is 13.7 Å². The third-order valence-electron chi connectivity index (χ3n) is 3.25. The van der Waals surface area contributed by atoms with Gasteiger partial charge in [0.15, 0.2) is 0 Å². The molecule has 94 valence electrons. The average molecular weight is 228 g/mol. The Hall–Kier alpha value is -0.610. The normalized spacial score (nSPS) is 20.3. The van der Waals surface area contributed by atoms with Gasteiger partial charge in [0.05, 0.1) is 11.6 Å². The Morgan fingerprint density at radius 2 is 2.00 bits per heavy atom. The van der Waals surface area contributed by atoms with Gasteiger partial charge in [0.2, 0.25) is 5.91 Å². The Bertz CT molecular complexity index is 232. The molecule has 0 heterocycles. The fourth-order valence-electron chi connectivity index (χ4n) is 1.87. The van der Waals surface area contributed by atoms with E-state index in [1.165, 1.54) is 6.42 Å². The molecule has 1 unspecified atom stereocenters. The molecule has 0 aromatic rings. The highest BCUT2D eigenvalue weighted by Crippen LogP contribution is 2.34. The van der Waals surface area contributed by atoms with Gasteiger partial charge >= 0.3 is 0 Å². The molecule has 0 aliphatic heterocycles. The van der Waals surface area contributed by atoms with Gasteiger partial charge in [-0.25, -0.2) is 0 Å². The summed E-state index contributed by atoms with van der Waals surface area (Å²) in [5.74, 6) is 0.0561. The number of carbonyl (C=O) groups excluding carboxylic acids is 1. The molecule has 1 saturated carbocycles. The fourth-order valence-corrected chi connectivity index (χ4v) is 1.87. The van der Waals surface area contributed by atoms with Crippen LogP contribution in [-0.4, -0.2) is 37.2 Å². The SMILES string of the molecule is COC1(CNC(C)C(=O)NC(C)C)CCC1. The van der Waals surface area contributed by atoms with Crippen molar-refractivity contribution in [3.8, 4) is 0 Å². The lowest BCUT2D eigenvalue weighted by atomic mass is 9.80. The van der Waals surface area contributed by atoms with E-state index < -0.39 is 0 Å². The zero-order chi connectivity index (χ0) is 12.2. The van der Waals surface area contributed by atoms with E-state index in [0.29, 0.717) is 0 Å². The number of amides is 1. The van der Waals surface area contributed by atoms with Gasteiger partial charge in [0, 0.05) is 19.7 Å². The first-order valence-electron chi connectivity index (χ1n) is 6.08. The third kappa shape index (κ3) is 3.46.